The Kier molecular flexibility index (Phi) is 2.70. The van der Waals surface area contributed by atoms with Crippen molar-refractivity contribution in [3.05, 3.63) is 34.2 Å². The fourth-order valence-electron chi connectivity index (χ4n) is 1.57. The number of rotatable bonds is 2. The molecule has 2 aromatic rings. The molecule has 0 spiro atoms. The summed E-state index contributed by atoms with van der Waals surface area (Å²) in [6, 6.07) is 6.22. The molecule has 0 fully saturated rings. The molecule has 72 valence electrons. The zero-order chi connectivity index (χ0) is 10.1. The molecule has 0 atom stereocenters. The quantitative estimate of drug-likeness (QED) is 0.596. The van der Waals surface area contributed by atoms with E-state index in [-0.39, 0.29) is 0 Å². The average molecular weight is 269 g/mol. The summed E-state index contributed by atoms with van der Waals surface area (Å²) in [6.07, 6.45) is 0.915. The molecule has 0 bridgehead atoms. The smallest absolute Gasteiger partial charge is 0.160 e. The van der Waals surface area contributed by atoms with Gasteiger partial charge in [-0.1, -0.05) is 33.6 Å². The van der Waals surface area contributed by atoms with Gasteiger partial charge in [0.15, 0.2) is 6.29 Å². The van der Waals surface area contributed by atoms with Crippen LogP contribution in [0.5, 0.6) is 0 Å². The predicted octanol–water partition coefficient (Wildman–Crippen LogP) is 3.92. The van der Waals surface area contributed by atoms with E-state index in [9.17, 15) is 4.79 Å². The summed E-state index contributed by atoms with van der Waals surface area (Å²) >= 11 is 5.02. The highest BCUT2D eigenvalue weighted by molar-refractivity contribution is 9.08. The van der Waals surface area contributed by atoms with Crippen LogP contribution in [0.15, 0.2) is 18.2 Å². The first-order chi connectivity index (χ1) is 6.74. The number of aldehydes is 1. The second-order valence-corrected chi connectivity index (χ2v) is 4.89. The van der Waals surface area contributed by atoms with E-state index in [0.29, 0.717) is 0 Å². The highest BCUT2D eigenvalue weighted by Gasteiger charge is 2.06. The number of thiophene rings is 1. The van der Waals surface area contributed by atoms with Crippen molar-refractivity contribution in [2.45, 2.75) is 12.3 Å². The Bertz CT molecular complexity index is 487. The molecular weight excluding hydrogens is 260 g/mol. The van der Waals surface area contributed by atoms with Crippen LogP contribution < -0.4 is 0 Å². The van der Waals surface area contributed by atoms with Crippen LogP contribution in [0.2, 0.25) is 0 Å². The summed E-state index contributed by atoms with van der Waals surface area (Å²) in [5.74, 6) is 0. The summed E-state index contributed by atoms with van der Waals surface area (Å²) in [5.41, 5.74) is 2.50. The standard InChI is InChI=1S/C11H9BrOS/c1-7-2-8-4-10(6-13)14-11(8)9(3-7)5-12/h2-4,6H,5H2,1H3. The maximum atomic E-state index is 10.7. The van der Waals surface area contributed by atoms with Crippen molar-refractivity contribution in [3.8, 4) is 0 Å². The summed E-state index contributed by atoms with van der Waals surface area (Å²) in [5, 5.41) is 2.01. The van der Waals surface area contributed by atoms with Crippen molar-refractivity contribution < 1.29 is 4.79 Å². The van der Waals surface area contributed by atoms with Gasteiger partial charge in [-0.25, -0.2) is 0 Å². The number of hydrogen-bond donors (Lipinski definition) is 0. The molecule has 1 heterocycles. The largest absolute Gasteiger partial charge is 0.297 e. The van der Waals surface area contributed by atoms with Crippen LogP contribution >= 0.6 is 27.3 Å². The summed E-state index contributed by atoms with van der Waals surface area (Å²) < 4.78 is 1.22. The van der Waals surface area contributed by atoms with Gasteiger partial charge in [0.1, 0.15) is 0 Å². The Labute approximate surface area is 94.9 Å². The zero-order valence-corrected chi connectivity index (χ0v) is 10.1. The molecule has 1 aromatic carbocycles. The van der Waals surface area contributed by atoms with Gasteiger partial charge in [-0.05, 0) is 23.9 Å². The van der Waals surface area contributed by atoms with E-state index in [4.69, 9.17) is 0 Å². The Morgan fingerprint density at radius 2 is 2.21 bits per heavy atom. The molecule has 0 aliphatic carbocycles. The van der Waals surface area contributed by atoms with Crippen molar-refractivity contribution in [2.75, 3.05) is 0 Å². The van der Waals surface area contributed by atoms with Crippen LogP contribution in [0, 0.1) is 6.92 Å². The molecule has 0 radical (unpaired) electrons. The number of carbonyl (C=O) groups is 1. The number of alkyl halides is 1. The maximum Gasteiger partial charge on any atom is 0.160 e. The monoisotopic (exact) mass is 268 g/mol. The number of hydrogen-bond acceptors (Lipinski definition) is 2. The second-order valence-electron chi connectivity index (χ2n) is 3.24. The zero-order valence-electron chi connectivity index (χ0n) is 7.71. The molecule has 1 nitrogen and oxygen atoms in total. The number of fused-ring (bicyclic) bond motifs is 1. The summed E-state index contributed by atoms with van der Waals surface area (Å²) in [7, 11) is 0. The van der Waals surface area contributed by atoms with Gasteiger partial charge in [0.25, 0.3) is 0 Å². The van der Waals surface area contributed by atoms with Gasteiger partial charge in [-0.15, -0.1) is 11.3 Å². The van der Waals surface area contributed by atoms with Crippen molar-refractivity contribution in [3.63, 3.8) is 0 Å². The molecule has 1 aromatic heterocycles. The van der Waals surface area contributed by atoms with Gasteiger partial charge in [0, 0.05) is 10.0 Å². The highest BCUT2D eigenvalue weighted by Crippen LogP contribution is 2.30. The SMILES string of the molecule is Cc1cc(CBr)c2sc(C=O)cc2c1. The van der Waals surface area contributed by atoms with Crippen molar-refractivity contribution >= 4 is 43.6 Å². The van der Waals surface area contributed by atoms with Gasteiger partial charge in [0.2, 0.25) is 0 Å². The fourth-order valence-corrected chi connectivity index (χ4v) is 3.16. The first kappa shape index (κ1) is 9.87. The van der Waals surface area contributed by atoms with E-state index < -0.39 is 0 Å². The van der Waals surface area contributed by atoms with Crippen LogP contribution in [0.1, 0.15) is 20.8 Å². The molecule has 0 N–H and O–H groups in total. The van der Waals surface area contributed by atoms with Crippen LogP contribution in [-0.2, 0) is 5.33 Å². The second kappa shape index (κ2) is 3.83. The first-order valence-electron chi connectivity index (χ1n) is 4.29. The Hall–Kier alpha value is -0.670. The number of carbonyl (C=O) groups excluding carboxylic acids is 1. The van der Waals surface area contributed by atoms with Crippen LogP contribution in [0.3, 0.4) is 0 Å². The lowest BCUT2D eigenvalue weighted by atomic mass is 10.1. The normalized spacial score (nSPS) is 10.7. The minimum atomic E-state index is 0.799. The Morgan fingerprint density at radius 3 is 2.86 bits per heavy atom. The topological polar surface area (TPSA) is 17.1 Å². The van der Waals surface area contributed by atoms with E-state index in [1.165, 1.54) is 21.2 Å². The van der Waals surface area contributed by atoms with Crippen molar-refractivity contribution in [2.24, 2.45) is 0 Å². The minimum Gasteiger partial charge on any atom is -0.297 e. The lowest BCUT2D eigenvalue weighted by molar-refractivity contribution is 0.112. The average Bonchev–Trinajstić information content (AvgIpc) is 2.59. The lowest BCUT2D eigenvalue weighted by Gasteiger charge is -1.99. The predicted molar refractivity (Wildman–Crippen MR) is 64.6 cm³/mol. The molecule has 0 aliphatic rings. The van der Waals surface area contributed by atoms with Gasteiger partial charge in [-0.2, -0.15) is 0 Å². The van der Waals surface area contributed by atoms with E-state index >= 15 is 0 Å². The molecular formula is C11H9BrOS. The summed E-state index contributed by atoms with van der Waals surface area (Å²) in [6.45, 7) is 2.07. The van der Waals surface area contributed by atoms with E-state index in [0.717, 1.165) is 16.5 Å². The van der Waals surface area contributed by atoms with Gasteiger partial charge >= 0.3 is 0 Å². The third-order valence-electron chi connectivity index (χ3n) is 2.12. The van der Waals surface area contributed by atoms with E-state index in [1.807, 2.05) is 6.07 Å². The third-order valence-corrected chi connectivity index (χ3v) is 3.87. The lowest BCUT2D eigenvalue weighted by Crippen LogP contribution is -1.79. The highest BCUT2D eigenvalue weighted by atomic mass is 79.9. The number of halogens is 1. The molecule has 3 heteroatoms. The van der Waals surface area contributed by atoms with Crippen molar-refractivity contribution in [1.82, 2.24) is 0 Å². The van der Waals surface area contributed by atoms with Crippen LogP contribution in [-0.4, -0.2) is 6.29 Å². The Morgan fingerprint density at radius 1 is 1.43 bits per heavy atom. The molecule has 0 saturated heterocycles. The molecule has 0 aliphatic heterocycles. The molecule has 0 unspecified atom stereocenters. The van der Waals surface area contributed by atoms with E-state index in [1.54, 1.807) is 11.3 Å². The molecule has 2 rings (SSSR count). The maximum absolute atomic E-state index is 10.7. The third kappa shape index (κ3) is 1.62. The van der Waals surface area contributed by atoms with Crippen molar-refractivity contribution in [1.29, 1.82) is 0 Å². The molecule has 0 amide bonds. The van der Waals surface area contributed by atoms with Gasteiger partial charge < -0.3 is 0 Å². The fraction of sp³-hybridized carbons (Fsp3) is 0.182. The van der Waals surface area contributed by atoms with Gasteiger partial charge in [0.05, 0.1) is 4.88 Å². The number of benzene rings is 1. The van der Waals surface area contributed by atoms with Gasteiger partial charge in [-0.3, -0.25) is 4.79 Å². The Balaban J connectivity index is 2.77. The number of aryl methyl sites for hydroxylation is 1. The van der Waals surface area contributed by atoms with Crippen LogP contribution in [0.25, 0.3) is 10.1 Å². The molecule has 14 heavy (non-hydrogen) atoms. The molecule has 0 saturated carbocycles. The summed E-state index contributed by atoms with van der Waals surface area (Å²) in [4.78, 5) is 11.5. The first-order valence-corrected chi connectivity index (χ1v) is 6.22. The van der Waals surface area contributed by atoms with E-state index in [2.05, 4.69) is 35.0 Å². The minimum absolute atomic E-state index is 0.799. The van der Waals surface area contributed by atoms with Crippen LogP contribution in [0.4, 0.5) is 0 Å².